The summed E-state index contributed by atoms with van der Waals surface area (Å²) < 4.78 is 25.4. The molecular weight excluding hydrogens is 178 g/mol. The molecule has 1 saturated carbocycles. The number of hydrogen-bond acceptors (Lipinski definition) is 2. The molecule has 1 radical (unpaired) electrons. The van der Waals surface area contributed by atoms with Crippen molar-refractivity contribution in [2.45, 2.75) is 49.7 Å². The van der Waals surface area contributed by atoms with E-state index in [1.165, 1.54) is 0 Å². The van der Waals surface area contributed by atoms with E-state index in [9.17, 15) is 19.0 Å². The standard InChI is InChI=1S/C9H15F2O2/c1-2-7(12)8(13)3-5-9(10,11)6-4-8/h7,12-13H,1-6H2. The number of aliphatic hydroxyl groups excluding tert-OH is 1. The summed E-state index contributed by atoms with van der Waals surface area (Å²) in [4.78, 5) is 0. The highest BCUT2D eigenvalue weighted by Gasteiger charge is 2.45. The van der Waals surface area contributed by atoms with Crippen LogP contribution in [0, 0.1) is 6.92 Å². The molecule has 2 nitrogen and oxygen atoms in total. The van der Waals surface area contributed by atoms with Crippen LogP contribution < -0.4 is 0 Å². The Labute approximate surface area is 76.6 Å². The van der Waals surface area contributed by atoms with Gasteiger partial charge in [-0.3, -0.25) is 0 Å². The minimum absolute atomic E-state index is 0.0450. The van der Waals surface area contributed by atoms with Crippen LogP contribution in [0.3, 0.4) is 0 Å². The van der Waals surface area contributed by atoms with Crippen molar-refractivity contribution in [1.82, 2.24) is 0 Å². The Balaban J connectivity index is 2.56. The minimum Gasteiger partial charge on any atom is -0.390 e. The summed E-state index contributed by atoms with van der Waals surface area (Å²) in [6, 6.07) is 0. The van der Waals surface area contributed by atoms with Crippen molar-refractivity contribution in [3.05, 3.63) is 6.92 Å². The third-order valence-corrected chi connectivity index (χ3v) is 2.74. The third kappa shape index (κ3) is 2.38. The molecule has 0 heterocycles. The molecule has 0 saturated heterocycles. The Bertz CT molecular complexity index is 172. The van der Waals surface area contributed by atoms with Gasteiger partial charge in [-0.1, -0.05) is 6.92 Å². The molecule has 1 aliphatic rings. The zero-order valence-electron chi connectivity index (χ0n) is 7.47. The van der Waals surface area contributed by atoms with Gasteiger partial charge in [-0.05, 0) is 19.3 Å². The Morgan fingerprint density at radius 3 is 2.08 bits per heavy atom. The zero-order chi connectivity index (χ0) is 10.1. The van der Waals surface area contributed by atoms with E-state index in [0.717, 1.165) is 0 Å². The van der Waals surface area contributed by atoms with Crippen molar-refractivity contribution in [2.24, 2.45) is 0 Å². The number of halogens is 2. The van der Waals surface area contributed by atoms with E-state index in [1.807, 2.05) is 0 Å². The van der Waals surface area contributed by atoms with Crippen LogP contribution in [0.1, 0.15) is 32.1 Å². The Morgan fingerprint density at radius 2 is 1.69 bits per heavy atom. The molecule has 0 amide bonds. The summed E-state index contributed by atoms with van der Waals surface area (Å²) in [5.41, 5.74) is -1.34. The second-order valence-electron chi connectivity index (χ2n) is 3.76. The summed E-state index contributed by atoms with van der Waals surface area (Å²) in [5, 5.41) is 19.1. The Hall–Kier alpha value is -0.220. The first-order valence-corrected chi connectivity index (χ1v) is 4.47. The molecule has 0 spiro atoms. The van der Waals surface area contributed by atoms with Gasteiger partial charge in [0.15, 0.2) is 0 Å². The van der Waals surface area contributed by atoms with E-state index in [4.69, 9.17) is 0 Å². The number of alkyl halides is 2. The molecule has 0 aromatic rings. The predicted molar refractivity (Wildman–Crippen MR) is 44.3 cm³/mol. The molecule has 4 heteroatoms. The molecule has 1 unspecified atom stereocenters. The van der Waals surface area contributed by atoms with E-state index in [0.29, 0.717) is 0 Å². The highest BCUT2D eigenvalue weighted by molar-refractivity contribution is 4.93. The second-order valence-corrected chi connectivity index (χ2v) is 3.76. The van der Waals surface area contributed by atoms with Crippen molar-refractivity contribution < 1.29 is 19.0 Å². The average Bonchev–Trinajstić information content (AvgIpc) is 2.09. The lowest BCUT2D eigenvalue weighted by Gasteiger charge is -2.38. The average molecular weight is 193 g/mol. The van der Waals surface area contributed by atoms with Crippen LogP contribution in [0.2, 0.25) is 0 Å². The highest BCUT2D eigenvalue weighted by atomic mass is 19.3. The van der Waals surface area contributed by atoms with Gasteiger partial charge in [-0.25, -0.2) is 8.78 Å². The molecule has 1 aliphatic carbocycles. The van der Waals surface area contributed by atoms with Gasteiger partial charge in [0.2, 0.25) is 5.92 Å². The monoisotopic (exact) mass is 193 g/mol. The summed E-state index contributed by atoms with van der Waals surface area (Å²) in [6.45, 7) is 3.44. The van der Waals surface area contributed by atoms with Gasteiger partial charge >= 0.3 is 0 Å². The van der Waals surface area contributed by atoms with E-state index in [2.05, 4.69) is 6.92 Å². The molecule has 1 atom stereocenters. The van der Waals surface area contributed by atoms with Gasteiger partial charge in [0.1, 0.15) is 0 Å². The SMILES string of the molecule is [CH2]CC(O)C1(O)CCC(F)(F)CC1. The van der Waals surface area contributed by atoms with Gasteiger partial charge < -0.3 is 10.2 Å². The quantitative estimate of drug-likeness (QED) is 0.698. The van der Waals surface area contributed by atoms with Crippen LogP contribution >= 0.6 is 0 Å². The first-order valence-electron chi connectivity index (χ1n) is 4.47. The normalized spacial score (nSPS) is 28.4. The van der Waals surface area contributed by atoms with Gasteiger partial charge in [0.05, 0.1) is 11.7 Å². The maximum absolute atomic E-state index is 12.7. The largest absolute Gasteiger partial charge is 0.390 e. The lowest BCUT2D eigenvalue weighted by Crippen LogP contribution is -2.47. The topological polar surface area (TPSA) is 40.5 Å². The lowest BCUT2D eigenvalue weighted by atomic mass is 9.78. The molecule has 77 valence electrons. The summed E-state index contributed by atoms with van der Waals surface area (Å²) in [6.07, 6.45) is -1.61. The molecular formula is C9H15F2O2. The van der Waals surface area contributed by atoms with Crippen molar-refractivity contribution >= 4 is 0 Å². The predicted octanol–water partition coefficient (Wildman–Crippen LogP) is 1.51. The number of aliphatic hydroxyl groups is 2. The Morgan fingerprint density at radius 1 is 1.23 bits per heavy atom. The van der Waals surface area contributed by atoms with Crippen LogP contribution in [0.4, 0.5) is 8.78 Å². The number of hydrogen-bond donors (Lipinski definition) is 2. The van der Waals surface area contributed by atoms with Crippen molar-refractivity contribution in [3.63, 3.8) is 0 Å². The highest BCUT2D eigenvalue weighted by Crippen LogP contribution is 2.40. The number of rotatable bonds is 2. The zero-order valence-corrected chi connectivity index (χ0v) is 7.47. The smallest absolute Gasteiger partial charge is 0.248 e. The molecule has 0 aromatic carbocycles. The summed E-state index contributed by atoms with van der Waals surface area (Å²) >= 11 is 0. The fourth-order valence-corrected chi connectivity index (χ4v) is 1.65. The van der Waals surface area contributed by atoms with Crippen molar-refractivity contribution in [3.8, 4) is 0 Å². The molecule has 0 aliphatic heterocycles. The fraction of sp³-hybridized carbons (Fsp3) is 0.889. The molecule has 2 N–H and O–H groups in total. The summed E-state index contributed by atoms with van der Waals surface area (Å²) in [5.74, 6) is -2.67. The van der Waals surface area contributed by atoms with E-state index < -0.39 is 17.6 Å². The van der Waals surface area contributed by atoms with Crippen molar-refractivity contribution in [1.29, 1.82) is 0 Å². The van der Waals surface area contributed by atoms with E-state index in [1.54, 1.807) is 0 Å². The van der Waals surface area contributed by atoms with Crippen LogP contribution in [0.5, 0.6) is 0 Å². The molecule has 13 heavy (non-hydrogen) atoms. The van der Waals surface area contributed by atoms with Gasteiger partial charge in [-0.15, -0.1) is 0 Å². The van der Waals surface area contributed by atoms with Crippen LogP contribution in [0.25, 0.3) is 0 Å². The minimum atomic E-state index is -2.67. The van der Waals surface area contributed by atoms with E-state index >= 15 is 0 Å². The second kappa shape index (κ2) is 3.50. The van der Waals surface area contributed by atoms with Crippen LogP contribution in [-0.2, 0) is 0 Å². The third-order valence-electron chi connectivity index (χ3n) is 2.74. The maximum Gasteiger partial charge on any atom is 0.248 e. The molecule has 1 fully saturated rings. The maximum atomic E-state index is 12.7. The van der Waals surface area contributed by atoms with E-state index in [-0.39, 0.29) is 32.1 Å². The first-order chi connectivity index (χ1) is 5.90. The van der Waals surface area contributed by atoms with Gasteiger partial charge in [-0.2, -0.15) is 0 Å². The van der Waals surface area contributed by atoms with Gasteiger partial charge in [0, 0.05) is 12.8 Å². The van der Waals surface area contributed by atoms with Crippen LogP contribution in [-0.4, -0.2) is 27.8 Å². The van der Waals surface area contributed by atoms with Crippen molar-refractivity contribution in [2.75, 3.05) is 0 Å². The molecule has 0 aromatic heterocycles. The van der Waals surface area contributed by atoms with Gasteiger partial charge in [0.25, 0.3) is 0 Å². The molecule has 0 bridgehead atoms. The lowest BCUT2D eigenvalue weighted by molar-refractivity contribution is -0.147. The van der Waals surface area contributed by atoms with Crippen LogP contribution in [0.15, 0.2) is 0 Å². The fourth-order valence-electron chi connectivity index (χ4n) is 1.65. The first kappa shape index (κ1) is 10.9. The summed E-state index contributed by atoms with van der Waals surface area (Å²) in [7, 11) is 0. The Kier molecular flexibility index (Phi) is 2.92. The molecule has 1 rings (SSSR count).